The van der Waals surface area contributed by atoms with E-state index in [1.165, 1.54) is 12.1 Å². The minimum atomic E-state index is -3.69. The van der Waals surface area contributed by atoms with Crippen molar-refractivity contribution in [1.82, 2.24) is 0 Å². The molecule has 130 valence electrons. The second-order valence-corrected chi connectivity index (χ2v) is 9.18. The van der Waals surface area contributed by atoms with Crippen molar-refractivity contribution in [2.45, 2.75) is 38.9 Å². The van der Waals surface area contributed by atoms with Gasteiger partial charge >= 0.3 is 5.97 Å². The number of aliphatic hydroxyl groups excluding tert-OH is 1. The number of benzene rings is 1. The quantitative estimate of drug-likeness (QED) is 0.764. The zero-order valence-electron chi connectivity index (χ0n) is 13.2. The van der Waals surface area contributed by atoms with Gasteiger partial charge in [0.15, 0.2) is 9.84 Å². The molecule has 0 aromatic heterocycles. The molecule has 1 unspecified atom stereocenters. The summed E-state index contributed by atoms with van der Waals surface area (Å²) in [5.41, 5.74) is -0.396. The molecule has 0 radical (unpaired) electrons. The predicted molar refractivity (Wildman–Crippen MR) is 90.5 cm³/mol. The number of hydrogen-bond acceptors (Lipinski definition) is 5. The van der Waals surface area contributed by atoms with E-state index in [2.05, 4.69) is 0 Å². The van der Waals surface area contributed by atoms with E-state index in [1.54, 1.807) is 26.8 Å². The average Bonchev–Trinajstić information content (AvgIpc) is 2.36. The Morgan fingerprint density at radius 3 is 2.48 bits per heavy atom. The summed E-state index contributed by atoms with van der Waals surface area (Å²) in [7, 11) is -3.69. The van der Waals surface area contributed by atoms with Gasteiger partial charge in [0.1, 0.15) is 11.4 Å². The first kappa shape index (κ1) is 20.2. The summed E-state index contributed by atoms with van der Waals surface area (Å²) < 4.78 is 28.9. The van der Waals surface area contributed by atoms with E-state index >= 15 is 0 Å². The van der Waals surface area contributed by atoms with E-state index in [-0.39, 0.29) is 12.2 Å². The first-order valence-corrected chi connectivity index (χ1v) is 9.53. The van der Waals surface area contributed by atoms with Gasteiger partial charge in [-0.05, 0) is 45.4 Å². The summed E-state index contributed by atoms with van der Waals surface area (Å²) in [5, 5.41) is 10.8. The third-order valence-corrected chi connectivity index (χ3v) is 4.89. The molecule has 0 bridgehead atoms. The average molecular weight is 383 g/mol. The molecule has 8 heteroatoms. The van der Waals surface area contributed by atoms with Crippen molar-refractivity contribution in [3.63, 3.8) is 0 Å². The van der Waals surface area contributed by atoms with Crippen LogP contribution in [0.4, 0.5) is 0 Å². The molecule has 0 heterocycles. The number of ether oxygens (including phenoxy) is 1. The summed E-state index contributed by atoms with van der Waals surface area (Å²) in [6.45, 7) is 4.97. The van der Waals surface area contributed by atoms with Crippen molar-refractivity contribution in [2.24, 2.45) is 0 Å². The minimum absolute atomic E-state index is 0.0921. The highest BCUT2D eigenvalue weighted by Crippen LogP contribution is 2.28. The van der Waals surface area contributed by atoms with Gasteiger partial charge in [-0.2, -0.15) is 0 Å². The Hall–Kier alpha value is -0.820. The van der Waals surface area contributed by atoms with Crippen LogP contribution < -0.4 is 0 Å². The van der Waals surface area contributed by atoms with Crippen molar-refractivity contribution < 1.29 is 23.1 Å². The predicted octanol–water partition coefficient (Wildman–Crippen LogP) is 3.17. The molecule has 1 aromatic carbocycles. The number of carbonyl (C=O) groups excluding carboxylic acids is 1. The molecule has 0 fully saturated rings. The number of halogens is 2. The molecule has 1 rings (SSSR count). The van der Waals surface area contributed by atoms with Crippen LogP contribution in [0.1, 0.15) is 38.9 Å². The van der Waals surface area contributed by atoms with Crippen molar-refractivity contribution in [3.05, 3.63) is 33.8 Å². The second kappa shape index (κ2) is 7.83. The highest BCUT2D eigenvalue weighted by molar-refractivity contribution is 7.92. The van der Waals surface area contributed by atoms with Gasteiger partial charge in [-0.1, -0.05) is 23.2 Å². The topological polar surface area (TPSA) is 80.7 Å². The van der Waals surface area contributed by atoms with Gasteiger partial charge in [-0.3, -0.25) is 4.79 Å². The van der Waals surface area contributed by atoms with Crippen molar-refractivity contribution in [1.29, 1.82) is 0 Å². The number of aliphatic hydroxyl groups is 1. The van der Waals surface area contributed by atoms with E-state index in [0.29, 0.717) is 15.6 Å². The summed E-state index contributed by atoms with van der Waals surface area (Å²) in [6.07, 6.45) is -1.18. The van der Waals surface area contributed by atoms with Gasteiger partial charge in [0.05, 0.1) is 11.9 Å². The van der Waals surface area contributed by atoms with Crippen LogP contribution in [0.5, 0.6) is 0 Å². The van der Waals surface area contributed by atoms with Crippen LogP contribution in [0.3, 0.4) is 0 Å². The molecule has 1 N–H and O–H groups in total. The smallest absolute Gasteiger partial charge is 0.321 e. The van der Waals surface area contributed by atoms with Crippen LogP contribution in [0, 0.1) is 0 Å². The van der Waals surface area contributed by atoms with Crippen molar-refractivity contribution in [3.8, 4) is 0 Å². The normalized spacial score (nSPS) is 13.7. The van der Waals surface area contributed by atoms with Crippen molar-refractivity contribution in [2.75, 3.05) is 11.5 Å². The fourth-order valence-electron chi connectivity index (χ4n) is 1.84. The van der Waals surface area contributed by atoms with Crippen LogP contribution in [0.25, 0.3) is 0 Å². The van der Waals surface area contributed by atoms with Gasteiger partial charge in [0.25, 0.3) is 0 Å². The van der Waals surface area contributed by atoms with Crippen LogP contribution in [-0.4, -0.2) is 36.6 Å². The number of esters is 1. The molecule has 0 aliphatic heterocycles. The maximum atomic E-state index is 11.9. The van der Waals surface area contributed by atoms with Crippen LogP contribution in [0.15, 0.2) is 18.2 Å². The van der Waals surface area contributed by atoms with Crippen LogP contribution in [-0.2, 0) is 19.4 Å². The molecule has 23 heavy (non-hydrogen) atoms. The lowest BCUT2D eigenvalue weighted by Gasteiger charge is -2.19. The van der Waals surface area contributed by atoms with E-state index in [4.69, 9.17) is 27.9 Å². The molecule has 0 spiro atoms. The Bertz CT molecular complexity index is 665. The third-order valence-electron chi connectivity index (χ3n) is 2.78. The molecular formula is C15H20Cl2O5S. The summed E-state index contributed by atoms with van der Waals surface area (Å²) in [4.78, 5) is 11.6. The first-order valence-electron chi connectivity index (χ1n) is 6.95. The second-order valence-electron chi connectivity index (χ2n) is 6.15. The lowest BCUT2D eigenvalue weighted by atomic mass is 10.1. The Morgan fingerprint density at radius 1 is 1.30 bits per heavy atom. The molecule has 0 amide bonds. The Morgan fingerprint density at radius 2 is 1.91 bits per heavy atom. The largest absolute Gasteiger partial charge is 0.459 e. The molecule has 1 aromatic rings. The molecule has 0 aliphatic carbocycles. The van der Waals surface area contributed by atoms with Gasteiger partial charge in [-0.15, -0.1) is 0 Å². The standard InChI is InChI=1S/C15H20Cl2O5S/c1-15(2,3)22-14(19)9-23(20,21)7-6-13(18)11-8-10(16)4-5-12(11)17/h4-5,8,13,18H,6-7,9H2,1-3H3. The van der Waals surface area contributed by atoms with Crippen LogP contribution in [0.2, 0.25) is 10.0 Å². The molecular weight excluding hydrogens is 363 g/mol. The Kier molecular flexibility index (Phi) is 6.89. The Labute approximate surface area is 146 Å². The molecule has 5 nitrogen and oxygen atoms in total. The van der Waals surface area contributed by atoms with E-state index in [9.17, 15) is 18.3 Å². The lowest BCUT2D eigenvalue weighted by Crippen LogP contribution is -2.29. The molecule has 0 saturated carbocycles. The highest BCUT2D eigenvalue weighted by Gasteiger charge is 2.24. The fourth-order valence-corrected chi connectivity index (χ4v) is 3.41. The van der Waals surface area contributed by atoms with Crippen LogP contribution >= 0.6 is 23.2 Å². The molecule has 0 aliphatic rings. The number of sulfone groups is 1. The minimum Gasteiger partial charge on any atom is -0.459 e. The van der Waals surface area contributed by atoms with Gasteiger partial charge in [0.2, 0.25) is 0 Å². The molecule has 0 saturated heterocycles. The Balaban J connectivity index is 2.65. The summed E-state index contributed by atoms with van der Waals surface area (Å²) in [5.74, 6) is -1.90. The van der Waals surface area contributed by atoms with E-state index in [1.807, 2.05) is 0 Å². The SMILES string of the molecule is CC(C)(C)OC(=O)CS(=O)(=O)CCC(O)c1cc(Cl)ccc1Cl. The number of hydrogen-bond donors (Lipinski definition) is 1. The first-order chi connectivity index (χ1) is 10.4. The summed E-state index contributed by atoms with van der Waals surface area (Å²) in [6, 6.07) is 4.58. The van der Waals surface area contributed by atoms with E-state index < -0.39 is 33.3 Å². The number of carbonyl (C=O) groups is 1. The number of rotatable bonds is 6. The zero-order chi connectivity index (χ0) is 17.8. The van der Waals surface area contributed by atoms with E-state index in [0.717, 1.165) is 0 Å². The highest BCUT2D eigenvalue weighted by atomic mass is 35.5. The monoisotopic (exact) mass is 382 g/mol. The zero-order valence-corrected chi connectivity index (χ0v) is 15.5. The lowest BCUT2D eigenvalue weighted by molar-refractivity contribution is -0.151. The maximum Gasteiger partial charge on any atom is 0.321 e. The fraction of sp³-hybridized carbons (Fsp3) is 0.533. The summed E-state index contributed by atoms with van der Waals surface area (Å²) >= 11 is 11.8. The molecule has 1 atom stereocenters. The maximum absolute atomic E-state index is 11.9. The van der Waals surface area contributed by atoms with Crippen molar-refractivity contribution >= 4 is 39.0 Å². The van der Waals surface area contributed by atoms with Gasteiger partial charge in [0, 0.05) is 15.6 Å². The van der Waals surface area contributed by atoms with Gasteiger partial charge in [-0.25, -0.2) is 8.42 Å². The third kappa shape index (κ3) is 7.52. The van der Waals surface area contributed by atoms with Gasteiger partial charge < -0.3 is 9.84 Å².